The van der Waals surface area contributed by atoms with E-state index in [1.54, 1.807) is 19.6 Å². The van der Waals surface area contributed by atoms with Gasteiger partial charge in [0.05, 0.1) is 18.1 Å². The molecule has 0 aliphatic carbocycles. The molecule has 0 bridgehead atoms. The highest BCUT2D eigenvalue weighted by Gasteiger charge is 2.24. The summed E-state index contributed by atoms with van der Waals surface area (Å²) in [6.07, 6.45) is 5.36. The van der Waals surface area contributed by atoms with Crippen LogP contribution in [0.5, 0.6) is 5.75 Å². The van der Waals surface area contributed by atoms with Gasteiger partial charge in [-0.2, -0.15) is 0 Å². The molecule has 1 amide bonds. The highest BCUT2D eigenvalue weighted by molar-refractivity contribution is 5.95. The monoisotopic (exact) mass is 437 g/mol. The van der Waals surface area contributed by atoms with Crippen LogP contribution >= 0.6 is 0 Å². The Kier molecular flexibility index (Phi) is 5.36. The maximum absolute atomic E-state index is 13.2. The van der Waals surface area contributed by atoms with E-state index in [1.807, 2.05) is 95.2 Å². The van der Waals surface area contributed by atoms with Crippen molar-refractivity contribution in [3.8, 4) is 11.4 Å². The van der Waals surface area contributed by atoms with Crippen LogP contribution in [-0.4, -0.2) is 32.1 Å². The molecule has 1 atom stereocenters. The standard InChI is InChI=1S/C26H23N5O2/c1-30-16-15-27-25(30)24(20-7-3-6-10-23(20)33-2)29-26(32)18-11-13-19(14-12-18)31-17-28-21-8-4-5-9-22(21)31/h3-17,24H,1-2H3,(H,29,32). The average Bonchev–Trinajstić information content (AvgIpc) is 3.49. The number of hydrogen-bond donors (Lipinski definition) is 1. The second-order valence-electron chi connectivity index (χ2n) is 7.69. The lowest BCUT2D eigenvalue weighted by molar-refractivity contribution is 0.0941. The van der Waals surface area contributed by atoms with E-state index in [2.05, 4.69) is 15.3 Å². The number of hydrogen-bond acceptors (Lipinski definition) is 4. The van der Waals surface area contributed by atoms with Crippen LogP contribution in [0.2, 0.25) is 0 Å². The number of ether oxygens (including phenoxy) is 1. The Bertz CT molecular complexity index is 1420. The van der Waals surface area contributed by atoms with Crippen molar-refractivity contribution in [1.29, 1.82) is 0 Å². The maximum atomic E-state index is 13.2. The zero-order valence-corrected chi connectivity index (χ0v) is 18.3. The summed E-state index contributed by atoms with van der Waals surface area (Å²) in [7, 11) is 3.52. The van der Waals surface area contributed by atoms with E-state index in [-0.39, 0.29) is 5.91 Å². The van der Waals surface area contributed by atoms with Gasteiger partial charge in [-0.3, -0.25) is 9.36 Å². The van der Waals surface area contributed by atoms with Crippen molar-refractivity contribution >= 4 is 16.9 Å². The van der Waals surface area contributed by atoms with Crippen LogP contribution in [-0.2, 0) is 7.05 Å². The number of benzene rings is 3. The quantitative estimate of drug-likeness (QED) is 0.430. The topological polar surface area (TPSA) is 74.0 Å². The highest BCUT2D eigenvalue weighted by Crippen LogP contribution is 2.29. The maximum Gasteiger partial charge on any atom is 0.252 e. The van der Waals surface area contributed by atoms with Gasteiger partial charge < -0.3 is 14.6 Å². The predicted octanol–water partition coefficient (Wildman–Crippen LogP) is 4.29. The number of nitrogens with zero attached hydrogens (tertiary/aromatic N) is 4. The van der Waals surface area contributed by atoms with Crippen molar-refractivity contribution in [1.82, 2.24) is 24.4 Å². The fourth-order valence-corrected chi connectivity index (χ4v) is 3.99. The van der Waals surface area contributed by atoms with Gasteiger partial charge in [-0.15, -0.1) is 0 Å². The normalized spacial score (nSPS) is 11.9. The first-order chi connectivity index (χ1) is 16.2. The Balaban J connectivity index is 1.45. The number of fused-ring (bicyclic) bond motifs is 1. The molecule has 0 saturated carbocycles. The third-order valence-corrected chi connectivity index (χ3v) is 5.70. The van der Waals surface area contributed by atoms with E-state index >= 15 is 0 Å². The number of methoxy groups -OCH3 is 1. The van der Waals surface area contributed by atoms with Gasteiger partial charge in [-0.25, -0.2) is 9.97 Å². The number of aryl methyl sites for hydroxylation is 1. The minimum absolute atomic E-state index is 0.198. The number of nitrogens with one attached hydrogen (secondary N) is 1. The summed E-state index contributed by atoms with van der Waals surface area (Å²) in [5, 5.41) is 3.13. The Morgan fingerprint density at radius 3 is 2.48 bits per heavy atom. The Morgan fingerprint density at radius 2 is 1.73 bits per heavy atom. The molecule has 0 saturated heterocycles. The van der Waals surface area contributed by atoms with E-state index in [4.69, 9.17) is 4.74 Å². The van der Waals surface area contributed by atoms with Crippen LogP contribution in [0.4, 0.5) is 0 Å². The van der Waals surface area contributed by atoms with Gasteiger partial charge in [0.25, 0.3) is 5.91 Å². The molecule has 2 heterocycles. The van der Waals surface area contributed by atoms with E-state index in [1.165, 1.54) is 0 Å². The largest absolute Gasteiger partial charge is 0.496 e. The van der Waals surface area contributed by atoms with Crippen LogP contribution in [0.3, 0.4) is 0 Å². The van der Waals surface area contributed by atoms with E-state index in [0.29, 0.717) is 17.1 Å². The molecule has 33 heavy (non-hydrogen) atoms. The van der Waals surface area contributed by atoms with Crippen LogP contribution in [0.15, 0.2) is 91.5 Å². The third kappa shape index (κ3) is 3.85. The van der Waals surface area contributed by atoms with Crippen LogP contribution in [0.25, 0.3) is 16.7 Å². The SMILES string of the molecule is COc1ccccc1C(NC(=O)c1ccc(-n2cnc3ccccc32)cc1)c1nccn1C. The number of carbonyl (C=O) groups is 1. The highest BCUT2D eigenvalue weighted by atomic mass is 16.5. The molecule has 5 aromatic rings. The molecule has 164 valence electrons. The predicted molar refractivity (Wildman–Crippen MR) is 127 cm³/mol. The van der Waals surface area contributed by atoms with Gasteiger partial charge in [-0.05, 0) is 42.5 Å². The Morgan fingerprint density at radius 1 is 0.970 bits per heavy atom. The van der Waals surface area contributed by atoms with E-state index < -0.39 is 6.04 Å². The van der Waals surface area contributed by atoms with Crippen molar-refractivity contribution in [3.63, 3.8) is 0 Å². The second-order valence-corrected chi connectivity index (χ2v) is 7.69. The lowest BCUT2D eigenvalue weighted by Gasteiger charge is -2.21. The van der Waals surface area contributed by atoms with Crippen LogP contribution in [0, 0.1) is 0 Å². The van der Waals surface area contributed by atoms with Gasteiger partial charge >= 0.3 is 0 Å². The summed E-state index contributed by atoms with van der Waals surface area (Å²) in [6.45, 7) is 0. The average molecular weight is 438 g/mol. The molecular weight excluding hydrogens is 414 g/mol. The van der Waals surface area contributed by atoms with Crippen molar-refractivity contribution in [2.75, 3.05) is 7.11 Å². The smallest absolute Gasteiger partial charge is 0.252 e. The number of carbonyl (C=O) groups excluding carboxylic acids is 1. The molecule has 2 aromatic heterocycles. The third-order valence-electron chi connectivity index (χ3n) is 5.70. The summed E-state index contributed by atoms with van der Waals surface area (Å²) in [6, 6.07) is 22.6. The van der Waals surface area contributed by atoms with E-state index in [9.17, 15) is 4.79 Å². The van der Waals surface area contributed by atoms with Crippen molar-refractivity contribution < 1.29 is 9.53 Å². The molecule has 0 aliphatic rings. The molecule has 3 aromatic carbocycles. The summed E-state index contributed by atoms with van der Waals surface area (Å²) in [5.74, 6) is 1.21. The first-order valence-electron chi connectivity index (χ1n) is 10.6. The summed E-state index contributed by atoms with van der Waals surface area (Å²) >= 11 is 0. The number of aromatic nitrogens is 4. The van der Waals surface area contributed by atoms with Gasteiger partial charge in [0.2, 0.25) is 0 Å². The number of para-hydroxylation sites is 3. The fraction of sp³-hybridized carbons (Fsp3) is 0.115. The molecular formula is C26H23N5O2. The lowest BCUT2D eigenvalue weighted by atomic mass is 10.0. The molecule has 0 aliphatic heterocycles. The van der Waals surface area contributed by atoms with Gasteiger partial charge in [0, 0.05) is 36.3 Å². The molecule has 7 nitrogen and oxygen atoms in total. The first kappa shape index (κ1) is 20.5. The summed E-state index contributed by atoms with van der Waals surface area (Å²) in [4.78, 5) is 22.2. The Hall–Kier alpha value is -4.39. The fourth-order valence-electron chi connectivity index (χ4n) is 3.99. The van der Waals surface area contributed by atoms with Crippen LogP contribution < -0.4 is 10.1 Å². The number of rotatable bonds is 6. The van der Waals surface area contributed by atoms with Gasteiger partial charge in [-0.1, -0.05) is 30.3 Å². The summed E-state index contributed by atoms with van der Waals surface area (Å²) < 4.78 is 9.44. The number of imidazole rings is 2. The van der Waals surface area contributed by atoms with Crippen molar-refractivity contribution in [3.05, 3.63) is 108 Å². The minimum Gasteiger partial charge on any atom is -0.496 e. The zero-order chi connectivity index (χ0) is 22.8. The molecule has 5 rings (SSSR count). The number of amides is 1. The lowest BCUT2D eigenvalue weighted by Crippen LogP contribution is -2.31. The zero-order valence-electron chi connectivity index (χ0n) is 18.3. The molecule has 1 N–H and O–H groups in total. The molecule has 0 fully saturated rings. The molecule has 7 heteroatoms. The minimum atomic E-state index is -0.467. The molecule has 1 unspecified atom stereocenters. The molecule has 0 radical (unpaired) electrons. The van der Waals surface area contributed by atoms with Gasteiger partial charge in [0.15, 0.2) is 0 Å². The van der Waals surface area contributed by atoms with E-state index in [0.717, 1.165) is 22.3 Å². The molecule has 0 spiro atoms. The van der Waals surface area contributed by atoms with Crippen molar-refractivity contribution in [2.24, 2.45) is 7.05 Å². The first-order valence-corrected chi connectivity index (χ1v) is 10.6. The summed E-state index contributed by atoms with van der Waals surface area (Å²) in [5.41, 5.74) is 4.27. The van der Waals surface area contributed by atoms with Crippen LogP contribution in [0.1, 0.15) is 27.8 Å². The van der Waals surface area contributed by atoms with Crippen molar-refractivity contribution in [2.45, 2.75) is 6.04 Å². The second kappa shape index (κ2) is 8.63. The van der Waals surface area contributed by atoms with Gasteiger partial charge in [0.1, 0.15) is 23.9 Å². The Labute approximate surface area is 191 Å².